The molecule has 0 radical (unpaired) electrons. The van der Waals surface area contributed by atoms with E-state index in [1.807, 2.05) is 50.1 Å². The molecule has 1 aromatic carbocycles. The van der Waals surface area contributed by atoms with Gasteiger partial charge in [0, 0.05) is 37.8 Å². The second-order valence-corrected chi connectivity index (χ2v) is 8.43. The molecule has 0 saturated carbocycles. The number of hydrogen-bond acceptors (Lipinski definition) is 7. The van der Waals surface area contributed by atoms with Gasteiger partial charge in [-0.1, -0.05) is 24.1 Å². The molecule has 0 spiro atoms. The fourth-order valence-electron chi connectivity index (χ4n) is 4.12. The van der Waals surface area contributed by atoms with Crippen LogP contribution in [-0.2, 0) is 20.1 Å². The van der Waals surface area contributed by atoms with Gasteiger partial charge < -0.3 is 10.6 Å². The van der Waals surface area contributed by atoms with Gasteiger partial charge in [0.2, 0.25) is 5.95 Å². The quantitative estimate of drug-likeness (QED) is 0.427. The summed E-state index contributed by atoms with van der Waals surface area (Å²) in [6.07, 6.45) is 0. The van der Waals surface area contributed by atoms with Crippen LogP contribution >= 0.6 is 0 Å². The SMILES string of the molecule is CC#CCn1c(N(C)C[C@@H](C)N)nc2c1c(=O)n(Cc1nc(C)c3ccccc3n1)c(=O)n2C. The van der Waals surface area contributed by atoms with Crippen LogP contribution in [0.3, 0.4) is 0 Å². The Kier molecular flexibility index (Phi) is 6.22. The standard InChI is InChI=1S/C24H28N8O2/c1-6-7-12-31-20-21(28-23(31)29(4)13-15(2)25)30(5)24(34)32(22(20)33)14-19-26-16(3)17-10-8-9-11-18(17)27-19/h8-11,15H,12-14,25H2,1-5H3/t15-/m1/s1. The van der Waals surface area contributed by atoms with Gasteiger partial charge in [0.05, 0.1) is 18.6 Å². The third kappa shape index (κ3) is 4.06. The number of nitrogens with two attached hydrogens (primary N) is 1. The number of para-hydroxylation sites is 1. The van der Waals surface area contributed by atoms with E-state index in [-0.39, 0.29) is 19.1 Å². The average Bonchev–Trinajstić information content (AvgIpc) is 3.18. The second kappa shape index (κ2) is 9.11. The van der Waals surface area contributed by atoms with Crippen LogP contribution in [-0.4, -0.2) is 48.3 Å². The van der Waals surface area contributed by atoms with E-state index in [0.29, 0.717) is 29.5 Å². The fourth-order valence-corrected chi connectivity index (χ4v) is 4.12. The van der Waals surface area contributed by atoms with Gasteiger partial charge in [-0.15, -0.1) is 5.92 Å². The lowest BCUT2D eigenvalue weighted by atomic mass is 10.2. The van der Waals surface area contributed by atoms with Crippen LogP contribution in [0.2, 0.25) is 0 Å². The highest BCUT2D eigenvalue weighted by atomic mass is 16.2. The molecule has 0 aliphatic heterocycles. The van der Waals surface area contributed by atoms with Gasteiger partial charge in [-0.2, -0.15) is 4.98 Å². The van der Waals surface area contributed by atoms with E-state index in [2.05, 4.69) is 26.8 Å². The van der Waals surface area contributed by atoms with Gasteiger partial charge in [-0.3, -0.25) is 18.5 Å². The van der Waals surface area contributed by atoms with Crippen LogP contribution in [0.5, 0.6) is 0 Å². The maximum Gasteiger partial charge on any atom is 0.332 e. The molecule has 10 heteroatoms. The van der Waals surface area contributed by atoms with Crippen LogP contribution in [0.15, 0.2) is 33.9 Å². The van der Waals surface area contributed by atoms with E-state index in [1.54, 1.807) is 18.5 Å². The van der Waals surface area contributed by atoms with E-state index in [0.717, 1.165) is 21.2 Å². The number of fused-ring (bicyclic) bond motifs is 2. The molecule has 10 nitrogen and oxygen atoms in total. The molecule has 0 unspecified atom stereocenters. The van der Waals surface area contributed by atoms with Gasteiger partial charge >= 0.3 is 5.69 Å². The smallest absolute Gasteiger partial charge is 0.332 e. The Morgan fingerprint density at radius 3 is 2.59 bits per heavy atom. The summed E-state index contributed by atoms with van der Waals surface area (Å²) >= 11 is 0. The van der Waals surface area contributed by atoms with Crippen LogP contribution in [0.25, 0.3) is 22.1 Å². The predicted molar refractivity (Wildman–Crippen MR) is 133 cm³/mol. The molecule has 4 rings (SSSR count). The highest BCUT2D eigenvalue weighted by Crippen LogP contribution is 2.19. The number of aryl methyl sites for hydroxylation is 2. The third-order valence-corrected chi connectivity index (χ3v) is 5.67. The Morgan fingerprint density at radius 1 is 1.15 bits per heavy atom. The van der Waals surface area contributed by atoms with Gasteiger partial charge in [0.1, 0.15) is 5.82 Å². The summed E-state index contributed by atoms with van der Waals surface area (Å²) < 4.78 is 4.27. The monoisotopic (exact) mass is 460 g/mol. The first-order valence-electron chi connectivity index (χ1n) is 11.0. The van der Waals surface area contributed by atoms with Crippen molar-refractivity contribution >= 4 is 28.0 Å². The van der Waals surface area contributed by atoms with Crippen molar-refractivity contribution in [3.05, 3.63) is 56.6 Å². The molecule has 0 saturated heterocycles. The van der Waals surface area contributed by atoms with Gasteiger partial charge in [-0.25, -0.2) is 14.8 Å². The third-order valence-electron chi connectivity index (χ3n) is 5.67. The Balaban J connectivity index is 1.93. The first kappa shape index (κ1) is 23.2. The van der Waals surface area contributed by atoms with Crippen molar-refractivity contribution in [2.24, 2.45) is 12.8 Å². The number of rotatable bonds is 6. The van der Waals surface area contributed by atoms with Crippen molar-refractivity contribution in [2.45, 2.75) is 39.9 Å². The van der Waals surface area contributed by atoms with Crippen molar-refractivity contribution in [1.29, 1.82) is 0 Å². The van der Waals surface area contributed by atoms with Crippen LogP contribution in [0.1, 0.15) is 25.4 Å². The molecular formula is C24H28N8O2. The van der Waals surface area contributed by atoms with E-state index < -0.39 is 11.2 Å². The molecule has 2 N–H and O–H groups in total. The van der Waals surface area contributed by atoms with Crippen molar-refractivity contribution in [3.8, 4) is 11.8 Å². The summed E-state index contributed by atoms with van der Waals surface area (Å²) in [5.74, 6) is 6.78. The maximum absolute atomic E-state index is 13.6. The predicted octanol–water partition coefficient (Wildman–Crippen LogP) is 1.00. The van der Waals surface area contributed by atoms with Crippen LogP contribution in [0.4, 0.5) is 5.95 Å². The summed E-state index contributed by atoms with van der Waals surface area (Å²) in [5, 5.41) is 0.931. The first-order valence-corrected chi connectivity index (χ1v) is 11.0. The van der Waals surface area contributed by atoms with E-state index in [1.165, 1.54) is 4.57 Å². The zero-order valence-corrected chi connectivity index (χ0v) is 20.0. The minimum absolute atomic E-state index is 0.0528. The lowest BCUT2D eigenvalue weighted by molar-refractivity contribution is 0.633. The summed E-state index contributed by atoms with van der Waals surface area (Å²) in [6, 6.07) is 7.54. The van der Waals surface area contributed by atoms with E-state index >= 15 is 0 Å². The number of benzene rings is 1. The summed E-state index contributed by atoms with van der Waals surface area (Å²) in [4.78, 5) is 42.4. The minimum atomic E-state index is -0.487. The Labute approximate surface area is 196 Å². The minimum Gasteiger partial charge on any atom is -0.344 e. The van der Waals surface area contributed by atoms with Crippen molar-refractivity contribution in [3.63, 3.8) is 0 Å². The molecule has 0 bridgehead atoms. The van der Waals surface area contributed by atoms with Crippen molar-refractivity contribution in [1.82, 2.24) is 28.7 Å². The molecule has 3 aromatic heterocycles. The Morgan fingerprint density at radius 2 is 1.88 bits per heavy atom. The zero-order chi connectivity index (χ0) is 24.6. The first-order chi connectivity index (χ1) is 16.2. The molecule has 1 atom stereocenters. The number of likely N-dealkylation sites (N-methyl/N-ethyl adjacent to an activating group) is 1. The Hall–Kier alpha value is -3.97. The van der Waals surface area contributed by atoms with Crippen molar-refractivity contribution in [2.75, 3.05) is 18.5 Å². The molecule has 0 aliphatic rings. The largest absolute Gasteiger partial charge is 0.344 e. The number of anilines is 1. The average molecular weight is 461 g/mol. The summed E-state index contributed by atoms with van der Waals surface area (Å²) in [7, 11) is 3.45. The molecule has 176 valence electrons. The van der Waals surface area contributed by atoms with Gasteiger partial charge in [-0.05, 0) is 26.8 Å². The van der Waals surface area contributed by atoms with Gasteiger partial charge in [0.15, 0.2) is 11.2 Å². The summed E-state index contributed by atoms with van der Waals surface area (Å²) in [6.45, 7) is 6.24. The topological polar surface area (TPSA) is 117 Å². The number of hydrogen-bond donors (Lipinski definition) is 1. The van der Waals surface area contributed by atoms with E-state index in [4.69, 9.17) is 5.73 Å². The van der Waals surface area contributed by atoms with E-state index in [9.17, 15) is 9.59 Å². The molecule has 0 amide bonds. The highest BCUT2D eigenvalue weighted by Gasteiger charge is 2.23. The summed E-state index contributed by atoms with van der Waals surface area (Å²) in [5.41, 5.74) is 7.18. The molecule has 34 heavy (non-hydrogen) atoms. The lowest BCUT2D eigenvalue weighted by Crippen LogP contribution is -2.40. The zero-order valence-electron chi connectivity index (χ0n) is 20.0. The molecule has 4 aromatic rings. The fraction of sp³-hybridized carbons (Fsp3) is 0.375. The number of imidazole rings is 1. The van der Waals surface area contributed by atoms with Crippen molar-refractivity contribution < 1.29 is 0 Å². The Bertz CT molecular complexity index is 1570. The number of nitrogens with zero attached hydrogens (tertiary/aromatic N) is 7. The van der Waals surface area contributed by atoms with Crippen LogP contribution < -0.4 is 21.9 Å². The van der Waals surface area contributed by atoms with Gasteiger partial charge in [0.25, 0.3) is 5.56 Å². The second-order valence-electron chi connectivity index (χ2n) is 8.43. The lowest BCUT2D eigenvalue weighted by Gasteiger charge is -2.20. The molecule has 3 heterocycles. The van der Waals surface area contributed by atoms with Crippen LogP contribution in [0, 0.1) is 18.8 Å². The maximum atomic E-state index is 13.6. The normalized spacial score (nSPS) is 12.1. The number of aromatic nitrogens is 6. The molecule has 0 aliphatic carbocycles. The highest BCUT2D eigenvalue weighted by molar-refractivity contribution is 5.80. The molecular weight excluding hydrogens is 432 g/mol. The molecule has 0 fully saturated rings.